The molecule has 2 aromatic carbocycles. The van der Waals surface area contributed by atoms with Gasteiger partial charge < -0.3 is 14.8 Å². The van der Waals surface area contributed by atoms with Crippen LogP contribution >= 0.6 is 0 Å². The van der Waals surface area contributed by atoms with Crippen molar-refractivity contribution < 1.29 is 27.8 Å². The summed E-state index contributed by atoms with van der Waals surface area (Å²) >= 11 is 0. The zero-order valence-electron chi connectivity index (χ0n) is 11.6. The third-order valence-corrected chi connectivity index (χ3v) is 3.06. The Morgan fingerprint density at radius 1 is 1.04 bits per heavy atom. The van der Waals surface area contributed by atoms with Gasteiger partial charge in [-0.2, -0.15) is 0 Å². The summed E-state index contributed by atoms with van der Waals surface area (Å²) in [4.78, 5) is 23.7. The maximum absolute atomic E-state index is 13.4. The zero-order valence-corrected chi connectivity index (χ0v) is 11.6. The number of rotatable bonds is 2. The first-order valence-electron chi connectivity index (χ1n) is 6.50. The third-order valence-electron chi connectivity index (χ3n) is 3.06. The largest absolute Gasteiger partial charge is 0.454 e. The Labute approximate surface area is 129 Å². The summed E-state index contributed by atoms with van der Waals surface area (Å²) in [5.74, 6) is -2.16. The minimum atomic E-state index is -1.21. The van der Waals surface area contributed by atoms with Crippen LogP contribution in [0.15, 0.2) is 36.4 Å². The molecule has 2 aromatic rings. The van der Waals surface area contributed by atoms with Crippen molar-refractivity contribution in [3.63, 3.8) is 0 Å². The monoisotopic (exact) mass is 320 g/mol. The van der Waals surface area contributed by atoms with Gasteiger partial charge in [-0.3, -0.25) is 10.1 Å². The summed E-state index contributed by atoms with van der Waals surface area (Å²) in [6.07, 6.45) is 0. The number of imide groups is 1. The highest BCUT2D eigenvalue weighted by Gasteiger charge is 2.18. The minimum Gasteiger partial charge on any atom is -0.454 e. The van der Waals surface area contributed by atoms with Crippen LogP contribution in [0.4, 0.5) is 19.3 Å². The first kappa shape index (κ1) is 14.8. The van der Waals surface area contributed by atoms with Crippen molar-refractivity contribution in [1.82, 2.24) is 5.32 Å². The number of carbonyl (C=O) groups excluding carboxylic acids is 2. The van der Waals surface area contributed by atoms with Gasteiger partial charge in [0.1, 0.15) is 0 Å². The second-order valence-electron chi connectivity index (χ2n) is 4.58. The standard InChI is InChI=1S/C15H10F2N2O4/c16-9-2-1-3-10(13(9)17)18-15(21)19-14(20)8-4-5-11-12(6-8)23-7-22-11/h1-6H,7H2,(H2,18,19,20,21). The number of ether oxygens (including phenoxy) is 2. The van der Waals surface area contributed by atoms with Crippen LogP contribution in [0.5, 0.6) is 11.5 Å². The van der Waals surface area contributed by atoms with E-state index in [2.05, 4.69) is 5.32 Å². The second kappa shape index (κ2) is 5.91. The van der Waals surface area contributed by atoms with Gasteiger partial charge in [0.05, 0.1) is 5.69 Å². The Hall–Kier alpha value is -3.16. The predicted molar refractivity (Wildman–Crippen MR) is 75.4 cm³/mol. The molecule has 118 valence electrons. The van der Waals surface area contributed by atoms with Crippen LogP contribution in [-0.4, -0.2) is 18.7 Å². The van der Waals surface area contributed by atoms with E-state index in [4.69, 9.17) is 9.47 Å². The highest BCUT2D eigenvalue weighted by atomic mass is 19.2. The van der Waals surface area contributed by atoms with Crippen molar-refractivity contribution >= 4 is 17.6 Å². The van der Waals surface area contributed by atoms with Crippen molar-refractivity contribution in [3.05, 3.63) is 53.6 Å². The molecule has 0 atom stereocenters. The van der Waals surface area contributed by atoms with Gasteiger partial charge in [-0.05, 0) is 30.3 Å². The molecule has 6 nitrogen and oxygen atoms in total. The molecule has 3 amide bonds. The van der Waals surface area contributed by atoms with E-state index in [0.29, 0.717) is 11.5 Å². The van der Waals surface area contributed by atoms with Crippen molar-refractivity contribution in [2.24, 2.45) is 0 Å². The normalized spacial score (nSPS) is 11.9. The van der Waals surface area contributed by atoms with Crippen molar-refractivity contribution in [1.29, 1.82) is 0 Å². The number of amides is 3. The second-order valence-corrected chi connectivity index (χ2v) is 4.58. The van der Waals surface area contributed by atoms with Crippen LogP contribution in [0.2, 0.25) is 0 Å². The number of hydrogen-bond acceptors (Lipinski definition) is 4. The molecule has 8 heteroatoms. The Kier molecular flexibility index (Phi) is 3.80. The summed E-state index contributed by atoms with van der Waals surface area (Å²) in [5, 5.41) is 4.07. The van der Waals surface area contributed by atoms with Crippen LogP contribution in [0.1, 0.15) is 10.4 Å². The fourth-order valence-electron chi connectivity index (χ4n) is 1.97. The summed E-state index contributed by atoms with van der Waals surface area (Å²) in [6.45, 7) is 0.0553. The van der Waals surface area contributed by atoms with Crippen molar-refractivity contribution in [2.45, 2.75) is 0 Å². The lowest BCUT2D eigenvalue weighted by Crippen LogP contribution is -2.34. The highest BCUT2D eigenvalue weighted by molar-refractivity contribution is 6.08. The number of nitrogens with one attached hydrogen (secondary N) is 2. The van der Waals surface area contributed by atoms with E-state index in [-0.39, 0.29) is 18.0 Å². The van der Waals surface area contributed by atoms with E-state index in [1.165, 1.54) is 30.3 Å². The number of carbonyl (C=O) groups is 2. The van der Waals surface area contributed by atoms with Crippen LogP contribution in [0.25, 0.3) is 0 Å². The number of urea groups is 1. The third kappa shape index (κ3) is 3.05. The van der Waals surface area contributed by atoms with Gasteiger partial charge in [0.15, 0.2) is 23.1 Å². The molecule has 0 fully saturated rings. The van der Waals surface area contributed by atoms with Gasteiger partial charge in [0, 0.05) is 5.56 Å². The van der Waals surface area contributed by atoms with Gasteiger partial charge in [-0.25, -0.2) is 13.6 Å². The minimum absolute atomic E-state index is 0.0553. The molecular formula is C15H10F2N2O4. The van der Waals surface area contributed by atoms with E-state index in [0.717, 1.165) is 6.07 Å². The summed E-state index contributed by atoms with van der Waals surface area (Å²) in [7, 11) is 0. The van der Waals surface area contributed by atoms with Gasteiger partial charge >= 0.3 is 6.03 Å². The van der Waals surface area contributed by atoms with Gasteiger partial charge in [0.25, 0.3) is 5.91 Å². The summed E-state index contributed by atoms with van der Waals surface area (Å²) in [5.41, 5.74) is -0.217. The van der Waals surface area contributed by atoms with Gasteiger partial charge in [-0.1, -0.05) is 6.07 Å². The molecule has 0 unspecified atom stereocenters. The first-order chi connectivity index (χ1) is 11.0. The molecule has 3 rings (SSSR count). The van der Waals surface area contributed by atoms with E-state index < -0.39 is 23.6 Å². The Balaban J connectivity index is 1.68. The van der Waals surface area contributed by atoms with Crippen LogP contribution in [0, 0.1) is 11.6 Å². The number of benzene rings is 2. The summed E-state index contributed by atoms with van der Waals surface area (Å²) in [6, 6.07) is 6.71. The molecule has 23 heavy (non-hydrogen) atoms. The molecule has 0 spiro atoms. The maximum atomic E-state index is 13.4. The van der Waals surface area contributed by atoms with Crippen LogP contribution in [-0.2, 0) is 0 Å². The average Bonchev–Trinajstić information content (AvgIpc) is 2.99. The highest BCUT2D eigenvalue weighted by Crippen LogP contribution is 2.32. The number of anilines is 1. The average molecular weight is 320 g/mol. The molecule has 0 saturated heterocycles. The lowest BCUT2D eigenvalue weighted by atomic mass is 10.2. The smallest absolute Gasteiger partial charge is 0.326 e. The number of hydrogen-bond donors (Lipinski definition) is 2. The molecule has 0 aliphatic carbocycles. The van der Waals surface area contributed by atoms with Gasteiger partial charge in [0.2, 0.25) is 6.79 Å². The lowest BCUT2D eigenvalue weighted by molar-refractivity contribution is 0.0966. The van der Waals surface area contributed by atoms with E-state index in [1.54, 1.807) is 0 Å². The summed E-state index contributed by atoms with van der Waals surface area (Å²) < 4.78 is 36.7. The molecule has 0 radical (unpaired) electrons. The molecule has 1 aliphatic heterocycles. The Morgan fingerprint density at radius 2 is 1.83 bits per heavy atom. The van der Waals surface area contributed by atoms with Gasteiger partial charge in [-0.15, -0.1) is 0 Å². The molecule has 2 N–H and O–H groups in total. The quantitative estimate of drug-likeness (QED) is 0.892. The zero-order chi connectivity index (χ0) is 16.4. The lowest BCUT2D eigenvalue weighted by Gasteiger charge is -2.08. The topological polar surface area (TPSA) is 76.7 Å². The van der Waals surface area contributed by atoms with Crippen molar-refractivity contribution in [2.75, 3.05) is 12.1 Å². The molecule has 1 heterocycles. The van der Waals surface area contributed by atoms with E-state index in [1.807, 2.05) is 5.32 Å². The predicted octanol–water partition coefficient (Wildman–Crippen LogP) is 2.66. The van der Waals surface area contributed by atoms with Crippen LogP contribution in [0.3, 0.4) is 0 Å². The molecule has 0 saturated carbocycles. The molecule has 1 aliphatic rings. The van der Waals surface area contributed by atoms with E-state index >= 15 is 0 Å². The SMILES string of the molecule is O=C(NC(=O)c1ccc2c(c1)OCO2)Nc1cccc(F)c1F. The Morgan fingerprint density at radius 3 is 2.65 bits per heavy atom. The molecule has 0 bridgehead atoms. The fraction of sp³-hybridized carbons (Fsp3) is 0.0667. The maximum Gasteiger partial charge on any atom is 0.326 e. The van der Waals surface area contributed by atoms with Crippen molar-refractivity contribution in [3.8, 4) is 11.5 Å². The number of halogens is 2. The molecule has 0 aromatic heterocycles. The number of fused-ring (bicyclic) bond motifs is 1. The fourth-order valence-corrected chi connectivity index (χ4v) is 1.97. The van der Waals surface area contributed by atoms with Crippen LogP contribution < -0.4 is 20.1 Å². The van der Waals surface area contributed by atoms with E-state index in [9.17, 15) is 18.4 Å². The molecular weight excluding hydrogens is 310 g/mol. The first-order valence-corrected chi connectivity index (χ1v) is 6.50. The Bertz CT molecular complexity index is 795.